The molecule has 0 radical (unpaired) electrons. The summed E-state index contributed by atoms with van der Waals surface area (Å²) in [4.78, 5) is 0. The van der Waals surface area contributed by atoms with Gasteiger partial charge in [0, 0.05) is 13.9 Å². The molecule has 0 aliphatic rings. The topological polar surface area (TPSA) is 9.23 Å². The third kappa shape index (κ3) is 3.97. The van der Waals surface area contributed by atoms with Gasteiger partial charge in [-0.1, -0.05) is 80.5 Å². The summed E-state index contributed by atoms with van der Waals surface area (Å²) in [6, 6.07) is 16.0. The van der Waals surface area contributed by atoms with Crippen LogP contribution in [0.5, 0.6) is 0 Å². The molecule has 1 atom stereocenters. The van der Waals surface area contributed by atoms with E-state index in [9.17, 15) is 0 Å². The van der Waals surface area contributed by atoms with Gasteiger partial charge in [-0.3, -0.25) is 0 Å². The first-order valence-corrected chi connectivity index (χ1v) is 8.94. The Morgan fingerprint density at radius 1 is 1.15 bits per heavy atom. The number of hydrogen-bond acceptors (Lipinski definition) is 1. The standard InChI is InChI=1S/C16H15BrClIO/c1-16(11-19,14-4-2-3-5-15(14)17)20-10-12-6-8-13(18)9-7-12/h2-9H,10-11H2,1H3. The number of ether oxygens (including phenoxy) is 1. The van der Waals surface area contributed by atoms with Crippen LogP contribution in [0.4, 0.5) is 0 Å². The summed E-state index contributed by atoms with van der Waals surface area (Å²) in [7, 11) is 0. The molecule has 0 bridgehead atoms. The Morgan fingerprint density at radius 3 is 2.40 bits per heavy atom. The minimum absolute atomic E-state index is 0.319. The zero-order chi connectivity index (χ0) is 14.6. The van der Waals surface area contributed by atoms with Crippen LogP contribution in [0.3, 0.4) is 0 Å². The van der Waals surface area contributed by atoms with E-state index in [2.05, 4.69) is 51.5 Å². The van der Waals surface area contributed by atoms with Crippen molar-refractivity contribution in [2.45, 2.75) is 19.1 Å². The number of benzene rings is 2. The van der Waals surface area contributed by atoms with Gasteiger partial charge in [0.2, 0.25) is 0 Å². The Balaban J connectivity index is 2.16. The van der Waals surface area contributed by atoms with Crippen molar-refractivity contribution in [3.63, 3.8) is 0 Å². The van der Waals surface area contributed by atoms with Crippen molar-refractivity contribution in [3.05, 3.63) is 69.2 Å². The van der Waals surface area contributed by atoms with Gasteiger partial charge in [-0.2, -0.15) is 0 Å². The van der Waals surface area contributed by atoms with Crippen molar-refractivity contribution in [2.75, 3.05) is 4.43 Å². The molecule has 0 aromatic heterocycles. The maximum atomic E-state index is 6.19. The van der Waals surface area contributed by atoms with Gasteiger partial charge >= 0.3 is 0 Å². The van der Waals surface area contributed by atoms with Crippen LogP contribution in [0.25, 0.3) is 0 Å². The normalized spacial score (nSPS) is 14.0. The molecule has 2 aromatic rings. The molecule has 0 spiro atoms. The average Bonchev–Trinajstić information content (AvgIpc) is 2.47. The van der Waals surface area contributed by atoms with Gasteiger partial charge in [0.15, 0.2) is 0 Å². The molecule has 1 nitrogen and oxygen atoms in total. The lowest BCUT2D eigenvalue weighted by molar-refractivity contribution is -0.0280. The van der Waals surface area contributed by atoms with Crippen LogP contribution in [-0.4, -0.2) is 4.43 Å². The number of alkyl halides is 1. The summed E-state index contributed by atoms with van der Waals surface area (Å²) >= 11 is 11.9. The van der Waals surface area contributed by atoms with Gasteiger partial charge in [0.1, 0.15) is 5.60 Å². The molecule has 20 heavy (non-hydrogen) atoms. The summed E-state index contributed by atoms with van der Waals surface area (Å²) in [6.07, 6.45) is 0. The van der Waals surface area contributed by atoms with Crippen molar-refractivity contribution < 1.29 is 4.74 Å². The first kappa shape index (κ1) is 16.3. The van der Waals surface area contributed by atoms with Gasteiger partial charge in [-0.25, -0.2) is 0 Å². The van der Waals surface area contributed by atoms with Crippen molar-refractivity contribution in [1.82, 2.24) is 0 Å². The summed E-state index contributed by atoms with van der Waals surface area (Å²) in [5.74, 6) is 0. The van der Waals surface area contributed by atoms with Gasteiger partial charge in [0.25, 0.3) is 0 Å². The second-order valence-corrected chi connectivity index (χ2v) is 6.81. The van der Waals surface area contributed by atoms with Crippen molar-refractivity contribution >= 4 is 50.1 Å². The number of rotatable bonds is 5. The lowest BCUT2D eigenvalue weighted by Gasteiger charge is -2.29. The highest BCUT2D eigenvalue weighted by Gasteiger charge is 2.28. The molecule has 2 rings (SSSR count). The molecule has 0 fully saturated rings. The van der Waals surface area contributed by atoms with Crippen LogP contribution in [0, 0.1) is 0 Å². The van der Waals surface area contributed by atoms with Gasteiger partial charge < -0.3 is 4.74 Å². The van der Waals surface area contributed by atoms with E-state index >= 15 is 0 Å². The highest BCUT2D eigenvalue weighted by molar-refractivity contribution is 14.1. The fraction of sp³-hybridized carbons (Fsp3) is 0.250. The molecule has 0 heterocycles. The van der Waals surface area contributed by atoms with Gasteiger partial charge in [0.05, 0.1) is 6.61 Å². The van der Waals surface area contributed by atoms with Gasteiger partial charge in [-0.05, 0) is 36.2 Å². The van der Waals surface area contributed by atoms with Crippen LogP contribution in [0.15, 0.2) is 53.0 Å². The Labute approximate surface area is 146 Å². The zero-order valence-electron chi connectivity index (χ0n) is 11.1. The first-order valence-electron chi connectivity index (χ1n) is 6.24. The SMILES string of the molecule is CC(CI)(OCc1ccc(Cl)cc1)c1ccccc1Br. The van der Waals surface area contributed by atoms with E-state index in [1.54, 1.807) is 0 Å². The quantitative estimate of drug-likeness (QED) is 0.391. The highest BCUT2D eigenvalue weighted by Crippen LogP contribution is 2.34. The largest absolute Gasteiger partial charge is 0.365 e. The van der Waals surface area contributed by atoms with Crippen molar-refractivity contribution in [2.24, 2.45) is 0 Å². The molecule has 2 aromatic carbocycles. The second-order valence-electron chi connectivity index (χ2n) is 4.76. The summed E-state index contributed by atoms with van der Waals surface area (Å²) < 4.78 is 8.15. The van der Waals surface area contributed by atoms with E-state index in [1.165, 1.54) is 5.56 Å². The third-order valence-corrected chi connectivity index (χ3v) is 5.57. The number of halogens is 3. The van der Waals surface area contributed by atoms with Crippen LogP contribution in [0.1, 0.15) is 18.1 Å². The molecular formula is C16H15BrClIO. The summed E-state index contributed by atoms with van der Waals surface area (Å²) in [5.41, 5.74) is 1.97. The molecule has 0 saturated heterocycles. The molecule has 1 unspecified atom stereocenters. The van der Waals surface area contributed by atoms with E-state index in [0.29, 0.717) is 6.61 Å². The van der Waals surface area contributed by atoms with E-state index < -0.39 is 0 Å². The Kier molecular flexibility index (Phi) is 5.90. The third-order valence-electron chi connectivity index (χ3n) is 3.17. The minimum Gasteiger partial charge on any atom is -0.365 e. The van der Waals surface area contributed by atoms with E-state index in [0.717, 1.165) is 19.5 Å². The lowest BCUT2D eigenvalue weighted by Crippen LogP contribution is -2.28. The van der Waals surface area contributed by atoms with Crippen LogP contribution in [-0.2, 0) is 16.9 Å². The molecule has 0 amide bonds. The van der Waals surface area contributed by atoms with Crippen molar-refractivity contribution in [3.8, 4) is 0 Å². The predicted molar refractivity (Wildman–Crippen MR) is 96.6 cm³/mol. The fourth-order valence-corrected chi connectivity index (χ4v) is 3.36. The second kappa shape index (κ2) is 7.25. The highest BCUT2D eigenvalue weighted by atomic mass is 127. The zero-order valence-corrected chi connectivity index (χ0v) is 15.6. The Hall–Kier alpha value is -0.100. The molecule has 4 heteroatoms. The fourth-order valence-electron chi connectivity index (χ4n) is 1.90. The summed E-state index contributed by atoms with van der Waals surface area (Å²) in [5, 5.41) is 0.746. The molecule has 0 N–H and O–H groups in total. The minimum atomic E-state index is -0.319. The Bertz CT molecular complexity index is 573. The molecule has 0 aliphatic carbocycles. The van der Waals surface area contributed by atoms with E-state index in [1.807, 2.05) is 42.5 Å². The first-order chi connectivity index (χ1) is 9.55. The lowest BCUT2D eigenvalue weighted by atomic mass is 9.98. The number of hydrogen-bond donors (Lipinski definition) is 0. The van der Waals surface area contributed by atoms with Gasteiger partial charge in [-0.15, -0.1) is 0 Å². The van der Waals surface area contributed by atoms with Crippen molar-refractivity contribution in [1.29, 1.82) is 0 Å². The monoisotopic (exact) mass is 464 g/mol. The predicted octanol–water partition coefficient (Wildman–Crippen LogP) is 5.97. The maximum Gasteiger partial charge on any atom is 0.101 e. The molecule has 106 valence electrons. The van der Waals surface area contributed by atoms with Crippen LogP contribution in [0.2, 0.25) is 5.02 Å². The van der Waals surface area contributed by atoms with E-state index in [-0.39, 0.29) is 5.60 Å². The molecular weight excluding hydrogens is 450 g/mol. The smallest absolute Gasteiger partial charge is 0.101 e. The van der Waals surface area contributed by atoms with E-state index in [4.69, 9.17) is 16.3 Å². The Morgan fingerprint density at radius 2 is 1.80 bits per heavy atom. The molecule has 0 aliphatic heterocycles. The summed E-state index contributed by atoms with van der Waals surface area (Å²) in [6.45, 7) is 2.69. The van der Waals surface area contributed by atoms with Crippen LogP contribution >= 0.6 is 50.1 Å². The average molecular weight is 466 g/mol. The van der Waals surface area contributed by atoms with Crippen LogP contribution < -0.4 is 0 Å². The maximum absolute atomic E-state index is 6.19. The molecule has 0 saturated carbocycles.